The lowest BCUT2D eigenvalue weighted by Crippen LogP contribution is -2.15. The number of carbonyl (C=O) groups is 1. The summed E-state index contributed by atoms with van der Waals surface area (Å²) in [5.74, 6) is 0.567. The van der Waals surface area contributed by atoms with Gasteiger partial charge in [0.2, 0.25) is 5.91 Å². The normalized spacial score (nSPS) is 10.8. The quantitative estimate of drug-likeness (QED) is 0.797. The molecule has 0 saturated heterocycles. The number of rotatable bonds is 4. The van der Waals surface area contributed by atoms with Crippen molar-refractivity contribution >= 4 is 33.7 Å². The number of carbonyl (C=O) groups excluding carboxylic acids is 1. The van der Waals surface area contributed by atoms with Gasteiger partial charge in [0.25, 0.3) is 0 Å². The predicted octanol–water partition coefficient (Wildman–Crippen LogP) is 3.66. The van der Waals surface area contributed by atoms with Gasteiger partial charge in [-0.2, -0.15) is 0 Å². The maximum Gasteiger partial charge on any atom is 0.230 e. The Balaban J connectivity index is 1.68. The maximum absolute atomic E-state index is 12.1. The fourth-order valence-electron chi connectivity index (χ4n) is 1.95. The van der Waals surface area contributed by atoms with Crippen LogP contribution in [-0.4, -0.2) is 16.0 Å². The summed E-state index contributed by atoms with van der Waals surface area (Å²) >= 11 is 3.05. The van der Waals surface area contributed by atoms with Crippen molar-refractivity contribution in [3.63, 3.8) is 0 Å². The Kier molecular flexibility index (Phi) is 3.85. The number of hydrogen-bond donors (Lipinski definition) is 1. The molecule has 0 saturated carbocycles. The van der Waals surface area contributed by atoms with Crippen LogP contribution in [0.1, 0.15) is 17.0 Å². The van der Waals surface area contributed by atoms with E-state index in [9.17, 15) is 4.79 Å². The van der Waals surface area contributed by atoms with Crippen LogP contribution in [0.3, 0.4) is 0 Å². The second-order valence-corrected chi connectivity index (χ2v) is 6.35. The van der Waals surface area contributed by atoms with Crippen molar-refractivity contribution in [2.45, 2.75) is 20.3 Å². The standard InChI is InChI=1S/C14H13N3O2S2/c1-8-10(9(2)19-17-8)6-13(18)16-14-15-11(7-21-14)12-4-3-5-20-12/h3-5,7H,6H2,1-2H3,(H,15,16,18). The van der Waals surface area contributed by atoms with Crippen molar-refractivity contribution in [2.75, 3.05) is 5.32 Å². The van der Waals surface area contributed by atoms with Crippen molar-refractivity contribution in [3.8, 4) is 10.6 Å². The summed E-state index contributed by atoms with van der Waals surface area (Å²) in [7, 11) is 0. The Morgan fingerprint density at radius 1 is 1.38 bits per heavy atom. The van der Waals surface area contributed by atoms with Crippen LogP contribution in [0.25, 0.3) is 10.6 Å². The van der Waals surface area contributed by atoms with Gasteiger partial charge in [0.1, 0.15) is 5.76 Å². The van der Waals surface area contributed by atoms with Crippen molar-refractivity contribution in [2.24, 2.45) is 0 Å². The highest BCUT2D eigenvalue weighted by Crippen LogP contribution is 2.28. The Bertz CT molecular complexity index is 740. The van der Waals surface area contributed by atoms with Gasteiger partial charge in [0.15, 0.2) is 5.13 Å². The minimum absolute atomic E-state index is 0.114. The van der Waals surface area contributed by atoms with Gasteiger partial charge >= 0.3 is 0 Å². The Morgan fingerprint density at radius 3 is 2.90 bits per heavy atom. The highest BCUT2D eigenvalue weighted by atomic mass is 32.1. The Labute approximate surface area is 129 Å². The van der Waals surface area contributed by atoms with E-state index in [1.165, 1.54) is 11.3 Å². The molecule has 3 rings (SSSR count). The molecule has 0 aliphatic carbocycles. The number of thiazole rings is 1. The molecule has 0 radical (unpaired) electrons. The van der Waals surface area contributed by atoms with Gasteiger partial charge in [-0.3, -0.25) is 4.79 Å². The smallest absolute Gasteiger partial charge is 0.230 e. The number of thiophene rings is 1. The molecule has 0 aliphatic rings. The first kappa shape index (κ1) is 14.0. The first-order chi connectivity index (χ1) is 10.1. The molecule has 0 spiro atoms. The minimum atomic E-state index is -0.114. The van der Waals surface area contributed by atoms with Gasteiger partial charge in [-0.15, -0.1) is 22.7 Å². The molecule has 3 heterocycles. The van der Waals surface area contributed by atoms with E-state index >= 15 is 0 Å². The molecule has 7 heteroatoms. The van der Waals surface area contributed by atoms with E-state index in [1.807, 2.05) is 29.8 Å². The van der Waals surface area contributed by atoms with Gasteiger partial charge in [0.05, 0.1) is 22.7 Å². The van der Waals surface area contributed by atoms with E-state index in [-0.39, 0.29) is 12.3 Å². The van der Waals surface area contributed by atoms with E-state index in [0.717, 1.165) is 21.8 Å². The van der Waals surface area contributed by atoms with E-state index < -0.39 is 0 Å². The molecule has 3 aromatic heterocycles. The molecular weight excluding hydrogens is 306 g/mol. The van der Waals surface area contributed by atoms with E-state index in [2.05, 4.69) is 15.5 Å². The maximum atomic E-state index is 12.1. The van der Waals surface area contributed by atoms with Gasteiger partial charge in [-0.25, -0.2) is 4.98 Å². The number of aryl methyl sites for hydroxylation is 2. The fraction of sp³-hybridized carbons (Fsp3) is 0.214. The second kappa shape index (κ2) is 5.79. The van der Waals surface area contributed by atoms with Crippen LogP contribution in [0.5, 0.6) is 0 Å². The van der Waals surface area contributed by atoms with Gasteiger partial charge < -0.3 is 9.84 Å². The van der Waals surface area contributed by atoms with Gasteiger partial charge in [0, 0.05) is 10.9 Å². The second-order valence-electron chi connectivity index (χ2n) is 4.54. The average Bonchev–Trinajstić information content (AvgIpc) is 3.16. The third-order valence-electron chi connectivity index (χ3n) is 3.04. The molecule has 0 aliphatic heterocycles. The molecule has 1 amide bonds. The fourth-order valence-corrected chi connectivity index (χ4v) is 3.43. The van der Waals surface area contributed by atoms with Gasteiger partial charge in [-0.05, 0) is 25.3 Å². The zero-order valence-corrected chi connectivity index (χ0v) is 13.2. The molecular formula is C14H13N3O2S2. The molecule has 0 unspecified atom stereocenters. The summed E-state index contributed by atoms with van der Waals surface area (Å²) in [5.41, 5.74) is 2.48. The molecule has 0 aromatic carbocycles. The largest absolute Gasteiger partial charge is 0.361 e. The topological polar surface area (TPSA) is 68.0 Å². The van der Waals surface area contributed by atoms with Crippen molar-refractivity contribution in [1.82, 2.24) is 10.1 Å². The summed E-state index contributed by atoms with van der Waals surface area (Å²) < 4.78 is 5.06. The van der Waals surface area contributed by atoms with Crippen LogP contribution in [0, 0.1) is 13.8 Å². The highest BCUT2D eigenvalue weighted by Gasteiger charge is 2.15. The van der Waals surface area contributed by atoms with Crippen LogP contribution >= 0.6 is 22.7 Å². The lowest BCUT2D eigenvalue weighted by atomic mass is 10.1. The summed E-state index contributed by atoms with van der Waals surface area (Å²) in [6.45, 7) is 3.64. The molecule has 0 atom stereocenters. The number of amides is 1. The molecule has 1 N–H and O–H groups in total. The molecule has 3 aromatic rings. The number of hydrogen-bond acceptors (Lipinski definition) is 6. The average molecular weight is 319 g/mol. The zero-order valence-electron chi connectivity index (χ0n) is 11.5. The summed E-state index contributed by atoms with van der Waals surface area (Å²) in [4.78, 5) is 17.6. The third-order valence-corrected chi connectivity index (χ3v) is 4.69. The van der Waals surface area contributed by atoms with Crippen LogP contribution < -0.4 is 5.32 Å². The number of nitrogens with one attached hydrogen (secondary N) is 1. The van der Waals surface area contributed by atoms with Crippen molar-refractivity contribution in [1.29, 1.82) is 0 Å². The van der Waals surface area contributed by atoms with Crippen LogP contribution in [0.15, 0.2) is 27.4 Å². The molecule has 5 nitrogen and oxygen atoms in total. The number of nitrogens with zero attached hydrogens (tertiary/aromatic N) is 2. The van der Waals surface area contributed by atoms with Crippen molar-refractivity contribution < 1.29 is 9.32 Å². The van der Waals surface area contributed by atoms with Crippen LogP contribution in [0.2, 0.25) is 0 Å². The van der Waals surface area contributed by atoms with Crippen molar-refractivity contribution in [3.05, 3.63) is 39.9 Å². The lowest BCUT2D eigenvalue weighted by molar-refractivity contribution is -0.115. The summed E-state index contributed by atoms with van der Waals surface area (Å²) in [6.07, 6.45) is 0.245. The number of anilines is 1. The van der Waals surface area contributed by atoms with Gasteiger partial charge in [-0.1, -0.05) is 11.2 Å². The highest BCUT2D eigenvalue weighted by molar-refractivity contribution is 7.16. The predicted molar refractivity (Wildman–Crippen MR) is 83.7 cm³/mol. The first-order valence-corrected chi connectivity index (χ1v) is 8.10. The Hall–Kier alpha value is -1.99. The molecule has 21 heavy (non-hydrogen) atoms. The SMILES string of the molecule is Cc1noc(C)c1CC(=O)Nc1nc(-c2cccs2)cs1. The summed E-state index contributed by atoms with van der Waals surface area (Å²) in [6, 6.07) is 3.99. The van der Waals surface area contributed by atoms with E-state index in [0.29, 0.717) is 10.9 Å². The monoisotopic (exact) mass is 319 g/mol. The third kappa shape index (κ3) is 3.03. The van der Waals surface area contributed by atoms with Crippen LogP contribution in [0.4, 0.5) is 5.13 Å². The van der Waals surface area contributed by atoms with E-state index in [1.54, 1.807) is 18.3 Å². The summed E-state index contributed by atoms with van der Waals surface area (Å²) in [5, 5.41) is 11.2. The lowest BCUT2D eigenvalue weighted by Gasteiger charge is -2.01. The first-order valence-electron chi connectivity index (χ1n) is 6.34. The zero-order chi connectivity index (χ0) is 14.8. The molecule has 0 fully saturated rings. The molecule has 108 valence electrons. The van der Waals surface area contributed by atoms with E-state index in [4.69, 9.17) is 4.52 Å². The minimum Gasteiger partial charge on any atom is -0.361 e. The Morgan fingerprint density at radius 2 is 2.24 bits per heavy atom. The van der Waals surface area contributed by atoms with Crippen LogP contribution in [-0.2, 0) is 11.2 Å². The molecule has 0 bridgehead atoms. The number of aromatic nitrogens is 2.